The summed E-state index contributed by atoms with van der Waals surface area (Å²) in [5.41, 5.74) is 0.232. The molecule has 1 aromatic heterocycles. The average molecular weight is 252 g/mol. The van der Waals surface area contributed by atoms with E-state index >= 15 is 0 Å². The van der Waals surface area contributed by atoms with Gasteiger partial charge in [0.2, 0.25) is 5.88 Å². The van der Waals surface area contributed by atoms with Crippen molar-refractivity contribution >= 4 is 11.8 Å². The highest BCUT2D eigenvalue weighted by molar-refractivity contribution is 5.87. The maximum Gasteiger partial charge on any atom is 0.356 e. The maximum atomic E-state index is 11.6. The first-order valence-electron chi connectivity index (χ1n) is 6.12. The van der Waals surface area contributed by atoms with Crippen LogP contribution in [0.25, 0.3) is 0 Å². The molecule has 0 spiro atoms. The quantitative estimate of drug-likeness (QED) is 0.821. The van der Waals surface area contributed by atoms with Gasteiger partial charge in [-0.2, -0.15) is 0 Å². The molecule has 1 saturated carbocycles. The van der Waals surface area contributed by atoms with E-state index in [1.807, 2.05) is 0 Å². The number of aromatic amines is 1. The molecule has 1 aromatic rings. The molecule has 1 unspecified atom stereocenters. The number of H-pyrrole nitrogens is 1. The molecule has 1 N–H and O–H groups in total. The number of rotatable bonds is 4. The number of esters is 1. The van der Waals surface area contributed by atoms with E-state index in [1.165, 1.54) is 6.07 Å². The summed E-state index contributed by atoms with van der Waals surface area (Å²) in [5, 5.41) is 6.38. The monoisotopic (exact) mass is 252 g/mol. The topological polar surface area (TPSA) is 81.3 Å². The fraction of sp³-hybridized carbons (Fsp3) is 0.583. The van der Waals surface area contributed by atoms with Crippen LogP contribution < -0.4 is 4.74 Å². The van der Waals surface area contributed by atoms with Crippen molar-refractivity contribution < 1.29 is 19.1 Å². The van der Waals surface area contributed by atoms with Crippen molar-refractivity contribution in [1.29, 1.82) is 0 Å². The number of aromatic nitrogens is 2. The molecule has 1 atom stereocenters. The summed E-state index contributed by atoms with van der Waals surface area (Å²) in [6.45, 7) is 2.03. The zero-order valence-electron chi connectivity index (χ0n) is 10.3. The second-order valence-corrected chi connectivity index (χ2v) is 4.16. The van der Waals surface area contributed by atoms with Crippen LogP contribution in [0.1, 0.15) is 43.1 Å². The first kappa shape index (κ1) is 12.6. The summed E-state index contributed by atoms with van der Waals surface area (Å²) in [7, 11) is 0. The summed E-state index contributed by atoms with van der Waals surface area (Å²) in [6.07, 6.45) is 2.73. The van der Waals surface area contributed by atoms with Gasteiger partial charge in [0, 0.05) is 12.5 Å². The van der Waals surface area contributed by atoms with Crippen LogP contribution in [0.5, 0.6) is 5.88 Å². The van der Waals surface area contributed by atoms with Gasteiger partial charge in [0.25, 0.3) is 0 Å². The summed E-state index contributed by atoms with van der Waals surface area (Å²) in [5.74, 6) is -0.116. The molecule has 1 aliphatic rings. The largest absolute Gasteiger partial charge is 0.465 e. The molecule has 1 aliphatic carbocycles. The normalized spacial score (nSPS) is 19.6. The van der Waals surface area contributed by atoms with Crippen LogP contribution in [0.3, 0.4) is 0 Å². The number of ketones is 1. The zero-order chi connectivity index (χ0) is 13.0. The third-order valence-electron chi connectivity index (χ3n) is 2.81. The Morgan fingerprint density at radius 1 is 1.56 bits per heavy atom. The highest BCUT2D eigenvalue weighted by Gasteiger charge is 2.25. The Hall–Kier alpha value is -1.85. The molecular formula is C12H16N2O4. The van der Waals surface area contributed by atoms with Crippen LogP contribution in [0.4, 0.5) is 0 Å². The van der Waals surface area contributed by atoms with Crippen molar-refractivity contribution in [3.63, 3.8) is 0 Å². The zero-order valence-corrected chi connectivity index (χ0v) is 10.3. The van der Waals surface area contributed by atoms with Crippen LogP contribution in [0, 0.1) is 0 Å². The SMILES string of the molecule is CCOC(=O)c1cc(OC2CCCCC2=O)n[nH]1. The number of Topliss-reactive ketones (excluding diaryl/α,β-unsaturated/α-hetero) is 1. The van der Waals surface area contributed by atoms with E-state index in [4.69, 9.17) is 9.47 Å². The molecule has 0 radical (unpaired) electrons. The first-order valence-corrected chi connectivity index (χ1v) is 6.12. The average Bonchev–Trinajstić information content (AvgIpc) is 2.81. The van der Waals surface area contributed by atoms with Gasteiger partial charge in [-0.25, -0.2) is 4.79 Å². The number of hydrogen-bond acceptors (Lipinski definition) is 5. The Labute approximate surface area is 105 Å². The molecule has 6 heteroatoms. The minimum Gasteiger partial charge on any atom is -0.465 e. The van der Waals surface area contributed by atoms with Crippen LogP contribution in [-0.2, 0) is 9.53 Å². The summed E-state index contributed by atoms with van der Waals surface area (Å²) < 4.78 is 10.3. The molecule has 0 bridgehead atoms. The smallest absolute Gasteiger partial charge is 0.356 e. The molecule has 6 nitrogen and oxygen atoms in total. The molecule has 98 valence electrons. The van der Waals surface area contributed by atoms with Crippen LogP contribution >= 0.6 is 0 Å². The highest BCUT2D eigenvalue weighted by Crippen LogP contribution is 2.20. The predicted molar refractivity (Wildman–Crippen MR) is 62.4 cm³/mol. The number of ether oxygens (including phenoxy) is 2. The van der Waals surface area contributed by atoms with E-state index in [0.717, 1.165) is 12.8 Å². The third kappa shape index (κ3) is 2.88. The van der Waals surface area contributed by atoms with Gasteiger partial charge in [0.15, 0.2) is 11.9 Å². The lowest BCUT2D eigenvalue weighted by atomic mass is 9.96. The lowest BCUT2D eigenvalue weighted by molar-refractivity contribution is -0.127. The van der Waals surface area contributed by atoms with Gasteiger partial charge >= 0.3 is 5.97 Å². The van der Waals surface area contributed by atoms with Crippen LogP contribution in [0.2, 0.25) is 0 Å². The van der Waals surface area contributed by atoms with Crippen LogP contribution in [0.15, 0.2) is 6.07 Å². The van der Waals surface area contributed by atoms with Crippen LogP contribution in [-0.4, -0.2) is 34.7 Å². The highest BCUT2D eigenvalue weighted by atomic mass is 16.5. The Morgan fingerprint density at radius 3 is 3.11 bits per heavy atom. The number of carbonyl (C=O) groups is 2. The second kappa shape index (κ2) is 5.66. The molecule has 0 aliphatic heterocycles. The Morgan fingerprint density at radius 2 is 2.39 bits per heavy atom. The number of nitrogens with zero attached hydrogens (tertiary/aromatic N) is 1. The van der Waals surface area contributed by atoms with E-state index in [0.29, 0.717) is 19.4 Å². The fourth-order valence-electron chi connectivity index (χ4n) is 1.90. The number of carbonyl (C=O) groups excluding carboxylic acids is 2. The van der Waals surface area contributed by atoms with Gasteiger partial charge in [-0.05, 0) is 26.2 Å². The van der Waals surface area contributed by atoms with Gasteiger partial charge in [-0.3, -0.25) is 9.89 Å². The van der Waals surface area contributed by atoms with Crippen molar-refractivity contribution in [1.82, 2.24) is 10.2 Å². The van der Waals surface area contributed by atoms with E-state index in [9.17, 15) is 9.59 Å². The second-order valence-electron chi connectivity index (χ2n) is 4.16. The van der Waals surface area contributed by atoms with Crippen molar-refractivity contribution in [3.8, 4) is 5.88 Å². The lowest BCUT2D eigenvalue weighted by Crippen LogP contribution is -2.30. The van der Waals surface area contributed by atoms with E-state index in [1.54, 1.807) is 6.92 Å². The molecule has 18 heavy (non-hydrogen) atoms. The Kier molecular flexibility index (Phi) is 3.96. The van der Waals surface area contributed by atoms with Gasteiger partial charge < -0.3 is 9.47 Å². The van der Waals surface area contributed by atoms with E-state index in [-0.39, 0.29) is 17.4 Å². The van der Waals surface area contributed by atoms with Crippen molar-refractivity contribution in [2.75, 3.05) is 6.61 Å². The fourth-order valence-corrected chi connectivity index (χ4v) is 1.90. The van der Waals surface area contributed by atoms with Crippen molar-refractivity contribution in [2.24, 2.45) is 0 Å². The summed E-state index contributed by atoms with van der Waals surface area (Å²) >= 11 is 0. The third-order valence-corrected chi connectivity index (χ3v) is 2.81. The number of hydrogen-bond donors (Lipinski definition) is 1. The number of nitrogens with one attached hydrogen (secondary N) is 1. The maximum absolute atomic E-state index is 11.6. The minimum absolute atomic E-state index is 0.0990. The Balaban J connectivity index is 1.97. The molecule has 1 fully saturated rings. The molecular weight excluding hydrogens is 236 g/mol. The van der Waals surface area contributed by atoms with Gasteiger partial charge in [-0.15, -0.1) is 5.10 Å². The summed E-state index contributed by atoms with van der Waals surface area (Å²) in [4.78, 5) is 23.0. The van der Waals surface area contributed by atoms with Gasteiger partial charge in [-0.1, -0.05) is 0 Å². The molecule has 0 amide bonds. The van der Waals surface area contributed by atoms with E-state index < -0.39 is 12.1 Å². The molecule has 2 rings (SSSR count). The van der Waals surface area contributed by atoms with Gasteiger partial charge in [0.05, 0.1) is 6.61 Å². The molecule has 0 aromatic carbocycles. The van der Waals surface area contributed by atoms with Gasteiger partial charge in [0.1, 0.15) is 5.69 Å². The Bertz CT molecular complexity index is 441. The lowest BCUT2D eigenvalue weighted by Gasteiger charge is -2.20. The molecule has 0 saturated heterocycles. The first-order chi connectivity index (χ1) is 8.70. The van der Waals surface area contributed by atoms with Crippen molar-refractivity contribution in [3.05, 3.63) is 11.8 Å². The standard InChI is InChI=1S/C12H16N2O4/c1-2-17-12(16)8-7-11(14-13-8)18-10-6-4-3-5-9(10)15/h7,10H,2-6H2,1H3,(H,13,14). The van der Waals surface area contributed by atoms with Crippen molar-refractivity contribution in [2.45, 2.75) is 38.7 Å². The van der Waals surface area contributed by atoms with E-state index in [2.05, 4.69) is 10.2 Å². The molecule has 1 heterocycles. The minimum atomic E-state index is -0.477. The predicted octanol–water partition coefficient (Wildman–Crippen LogP) is 1.48. The summed E-state index contributed by atoms with van der Waals surface area (Å²) in [6, 6.07) is 1.46.